The summed E-state index contributed by atoms with van der Waals surface area (Å²) in [5.74, 6) is -1.19. The maximum absolute atomic E-state index is 13.3. The van der Waals surface area contributed by atoms with Crippen LogP contribution in [-0.2, 0) is 16.0 Å². The monoisotopic (exact) mass is 566 g/mol. The molecule has 0 saturated heterocycles. The van der Waals surface area contributed by atoms with E-state index in [1.165, 1.54) is 29.4 Å². The fraction of sp³-hybridized carbons (Fsp3) is 0.429. The van der Waals surface area contributed by atoms with Gasteiger partial charge in [-0.3, -0.25) is 19.2 Å². The van der Waals surface area contributed by atoms with Gasteiger partial charge in [0, 0.05) is 24.9 Å². The van der Waals surface area contributed by atoms with Crippen molar-refractivity contribution in [2.24, 2.45) is 5.92 Å². The molecule has 2 aromatic heterocycles. The normalized spacial score (nSPS) is 20.8. The van der Waals surface area contributed by atoms with E-state index in [1.54, 1.807) is 12.3 Å². The maximum Gasteiger partial charge on any atom is 0.273 e. The van der Waals surface area contributed by atoms with Gasteiger partial charge in [-0.15, -0.1) is 11.3 Å². The Morgan fingerprint density at radius 1 is 1.07 bits per heavy atom. The lowest BCUT2D eigenvalue weighted by Gasteiger charge is -2.28. The van der Waals surface area contributed by atoms with E-state index >= 15 is 0 Å². The highest BCUT2D eigenvalue weighted by Crippen LogP contribution is 2.23. The molecular weight excluding hydrogens is 532 g/mol. The molecule has 4 bridgehead atoms. The zero-order valence-corrected chi connectivity index (χ0v) is 23.8. The maximum atomic E-state index is 13.3. The number of amides is 4. The van der Waals surface area contributed by atoms with Crippen LogP contribution in [0.15, 0.2) is 46.4 Å². The zero-order chi connectivity index (χ0) is 28.8. The summed E-state index contributed by atoms with van der Waals surface area (Å²) in [5, 5.41) is 10.9. The number of nitrogens with one attached hydrogen (secondary N) is 3. The van der Waals surface area contributed by atoms with E-state index in [2.05, 4.69) is 25.9 Å². The van der Waals surface area contributed by atoms with E-state index in [0.717, 1.165) is 5.56 Å². The summed E-state index contributed by atoms with van der Waals surface area (Å²) in [6, 6.07) is 8.06. The van der Waals surface area contributed by atoms with Gasteiger partial charge in [0.05, 0.1) is 12.6 Å². The van der Waals surface area contributed by atoms with Crippen LogP contribution in [0.25, 0.3) is 0 Å². The van der Waals surface area contributed by atoms with Crippen LogP contribution in [0, 0.1) is 5.92 Å². The molecular formula is C28H34N6O5S. The van der Waals surface area contributed by atoms with Crippen LogP contribution >= 0.6 is 11.3 Å². The number of carbonyl (C=O) groups excluding carboxylic acids is 4. The minimum absolute atomic E-state index is 0.0535. The Morgan fingerprint density at radius 3 is 2.50 bits per heavy atom. The number of benzene rings is 1. The van der Waals surface area contributed by atoms with Crippen molar-refractivity contribution in [3.05, 3.63) is 69.8 Å². The first-order chi connectivity index (χ1) is 19.1. The summed E-state index contributed by atoms with van der Waals surface area (Å²) >= 11 is 1.27. The van der Waals surface area contributed by atoms with Gasteiger partial charge in [-0.2, -0.15) is 0 Å². The number of aromatic nitrogens is 2. The predicted molar refractivity (Wildman–Crippen MR) is 148 cm³/mol. The highest BCUT2D eigenvalue weighted by molar-refractivity contribution is 7.09. The minimum atomic E-state index is -0.627. The van der Waals surface area contributed by atoms with Gasteiger partial charge in [0.1, 0.15) is 23.0 Å². The number of rotatable bonds is 4. The van der Waals surface area contributed by atoms with E-state index in [-0.39, 0.29) is 48.1 Å². The second kappa shape index (κ2) is 12.9. The topological polar surface area (TPSA) is 147 Å². The number of hydrogen-bond donors (Lipinski definition) is 3. The summed E-state index contributed by atoms with van der Waals surface area (Å²) in [4.78, 5) is 62.1. The molecule has 40 heavy (non-hydrogen) atoms. The molecule has 3 heterocycles. The van der Waals surface area contributed by atoms with Gasteiger partial charge in [0.15, 0.2) is 5.69 Å². The van der Waals surface area contributed by atoms with Crippen LogP contribution in [0.3, 0.4) is 0 Å². The van der Waals surface area contributed by atoms with Crippen LogP contribution < -0.4 is 16.0 Å². The van der Waals surface area contributed by atoms with Gasteiger partial charge in [-0.25, -0.2) is 9.97 Å². The minimum Gasteiger partial charge on any atom is -0.446 e. The van der Waals surface area contributed by atoms with Crippen molar-refractivity contribution in [3.63, 3.8) is 0 Å². The number of nitrogens with zero attached hydrogens (tertiary/aromatic N) is 3. The van der Waals surface area contributed by atoms with Crippen LogP contribution in [-0.4, -0.2) is 57.6 Å². The Hall–Kier alpha value is -4.06. The quantitative estimate of drug-likeness (QED) is 0.440. The average molecular weight is 567 g/mol. The predicted octanol–water partition coefficient (Wildman–Crippen LogP) is 3.03. The Morgan fingerprint density at radius 2 is 1.80 bits per heavy atom. The summed E-state index contributed by atoms with van der Waals surface area (Å²) in [6.07, 6.45) is 2.26. The van der Waals surface area contributed by atoms with Crippen molar-refractivity contribution in [1.29, 1.82) is 0 Å². The molecule has 12 heteroatoms. The molecule has 0 unspecified atom stereocenters. The summed E-state index contributed by atoms with van der Waals surface area (Å²) < 4.78 is 5.50. The van der Waals surface area contributed by atoms with Crippen molar-refractivity contribution in [2.45, 2.75) is 58.7 Å². The lowest BCUT2D eigenvalue weighted by atomic mass is 10.0. The van der Waals surface area contributed by atoms with Gasteiger partial charge in [-0.1, -0.05) is 44.2 Å². The Kier molecular flexibility index (Phi) is 9.30. The molecule has 0 spiro atoms. The standard InChI is InChI=1S/C28H34N6O5S/c1-16(2)10-20-12-34(18(4)35)13-24(36)31-21(11-19-8-6-5-7-9-19)28-33-23(15-40-28)26(38)29-17(3)27-32-22(14-39-27)25(37)30-20/h5-9,14-17,20-21H,10-13H2,1-4H3,(H,29,38)(H,30,37)(H,31,36)/t17-,20-,21-/m1/s1. The van der Waals surface area contributed by atoms with Crippen molar-refractivity contribution < 1.29 is 23.6 Å². The van der Waals surface area contributed by atoms with Crippen molar-refractivity contribution in [1.82, 2.24) is 30.8 Å². The van der Waals surface area contributed by atoms with Gasteiger partial charge in [-0.05, 0) is 31.2 Å². The van der Waals surface area contributed by atoms with E-state index < -0.39 is 29.9 Å². The molecule has 4 rings (SSSR count). The number of hydrogen-bond acceptors (Lipinski definition) is 8. The smallest absolute Gasteiger partial charge is 0.273 e. The van der Waals surface area contributed by atoms with Crippen LogP contribution in [0.1, 0.15) is 83.6 Å². The molecule has 0 radical (unpaired) electrons. The molecule has 1 aliphatic heterocycles. The van der Waals surface area contributed by atoms with Crippen molar-refractivity contribution in [3.8, 4) is 0 Å². The molecule has 11 nitrogen and oxygen atoms in total. The van der Waals surface area contributed by atoms with E-state index in [9.17, 15) is 19.2 Å². The highest BCUT2D eigenvalue weighted by atomic mass is 32.1. The Bertz CT molecular complexity index is 1350. The number of thiazole rings is 1. The van der Waals surface area contributed by atoms with Crippen LogP contribution in [0.2, 0.25) is 0 Å². The molecule has 1 aliphatic rings. The lowest BCUT2D eigenvalue weighted by Crippen LogP contribution is -2.49. The SMILES string of the molecule is CC(=O)N1CC(=O)N[C@H](Cc2ccccc2)c2nc(cs2)C(=O)N[C@H](C)c2nc(co2)C(=O)N[C@H](CC(C)C)C1. The van der Waals surface area contributed by atoms with Gasteiger partial charge >= 0.3 is 0 Å². The number of oxazole rings is 1. The second-order valence-electron chi connectivity index (χ2n) is 10.3. The third kappa shape index (κ3) is 7.53. The zero-order valence-electron chi connectivity index (χ0n) is 23.0. The fourth-order valence-corrected chi connectivity index (χ4v) is 5.37. The fourth-order valence-electron chi connectivity index (χ4n) is 4.52. The van der Waals surface area contributed by atoms with Crippen LogP contribution in [0.4, 0.5) is 0 Å². The molecule has 3 atom stereocenters. The van der Waals surface area contributed by atoms with Crippen LogP contribution in [0.5, 0.6) is 0 Å². The molecule has 1 aromatic carbocycles. The first kappa shape index (κ1) is 28.9. The summed E-state index contributed by atoms with van der Waals surface area (Å²) in [6.45, 7) is 7.06. The largest absolute Gasteiger partial charge is 0.446 e. The molecule has 3 N–H and O–H groups in total. The third-order valence-electron chi connectivity index (χ3n) is 6.45. The molecule has 212 valence electrons. The van der Waals surface area contributed by atoms with E-state index in [1.807, 2.05) is 44.2 Å². The first-order valence-corrected chi connectivity index (χ1v) is 14.1. The third-order valence-corrected chi connectivity index (χ3v) is 7.41. The number of carbonyl (C=O) groups is 4. The summed E-state index contributed by atoms with van der Waals surface area (Å²) in [5.41, 5.74) is 1.22. The highest BCUT2D eigenvalue weighted by Gasteiger charge is 2.27. The van der Waals surface area contributed by atoms with Gasteiger partial charge in [0.2, 0.25) is 17.7 Å². The Balaban J connectivity index is 1.68. The Labute approximate surface area is 236 Å². The van der Waals surface area contributed by atoms with E-state index in [4.69, 9.17) is 4.42 Å². The van der Waals surface area contributed by atoms with Gasteiger partial charge in [0.25, 0.3) is 11.8 Å². The average Bonchev–Trinajstić information content (AvgIpc) is 3.58. The van der Waals surface area contributed by atoms with Gasteiger partial charge < -0.3 is 25.3 Å². The molecule has 0 aliphatic carbocycles. The van der Waals surface area contributed by atoms with E-state index in [0.29, 0.717) is 17.8 Å². The lowest BCUT2D eigenvalue weighted by molar-refractivity contribution is -0.135. The molecule has 3 aromatic rings. The molecule has 4 amide bonds. The molecule has 0 fully saturated rings. The van der Waals surface area contributed by atoms with Crippen molar-refractivity contribution in [2.75, 3.05) is 13.1 Å². The molecule has 0 saturated carbocycles. The van der Waals surface area contributed by atoms with Crippen molar-refractivity contribution >= 4 is 35.0 Å². The summed E-state index contributed by atoms with van der Waals surface area (Å²) in [7, 11) is 0. The first-order valence-electron chi connectivity index (χ1n) is 13.2. The second-order valence-corrected chi connectivity index (χ2v) is 11.2. The number of fused-ring (bicyclic) bond motifs is 4.